The number of aromatic nitrogens is 4. The van der Waals surface area contributed by atoms with E-state index in [-0.39, 0.29) is 5.69 Å². The van der Waals surface area contributed by atoms with Gasteiger partial charge in [0.2, 0.25) is 5.95 Å². The standard InChI is InChI=1S/C14H11FN6O/c15-13-5-4-9(8-17-13)18-21-14(22)12-7-11(19-20-12)10-3-1-2-6-16-10/h1-8,18H,(H,19,20)(H,21,22). The smallest absolute Gasteiger partial charge is 0.287 e. The number of pyridine rings is 2. The molecule has 0 radical (unpaired) electrons. The van der Waals surface area contributed by atoms with Crippen LogP contribution in [0.25, 0.3) is 11.4 Å². The molecule has 3 heterocycles. The number of hydrogen-bond donors (Lipinski definition) is 3. The summed E-state index contributed by atoms with van der Waals surface area (Å²) in [7, 11) is 0. The molecule has 1 amide bonds. The van der Waals surface area contributed by atoms with Crippen molar-refractivity contribution >= 4 is 11.6 Å². The van der Waals surface area contributed by atoms with Gasteiger partial charge < -0.3 is 0 Å². The second-order valence-electron chi connectivity index (χ2n) is 4.33. The first-order valence-corrected chi connectivity index (χ1v) is 6.37. The third kappa shape index (κ3) is 3.06. The Morgan fingerprint density at radius 1 is 1.14 bits per heavy atom. The lowest BCUT2D eigenvalue weighted by Gasteiger charge is -2.06. The molecule has 8 heteroatoms. The van der Waals surface area contributed by atoms with Gasteiger partial charge in [-0.3, -0.25) is 25.7 Å². The molecule has 3 N–H and O–H groups in total. The van der Waals surface area contributed by atoms with Gasteiger partial charge in [0.05, 0.1) is 17.6 Å². The van der Waals surface area contributed by atoms with Gasteiger partial charge >= 0.3 is 0 Å². The maximum Gasteiger partial charge on any atom is 0.287 e. The van der Waals surface area contributed by atoms with Crippen molar-refractivity contribution in [1.82, 2.24) is 25.6 Å². The van der Waals surface area contributed by atoms with Crippen molar-refractivity contribution in [3.63, 3.8) is 0 Å². The first kappa shape index (κ1) is 13.7. The minimum atomic E-state index is -0.592. The quantitative estimate of drug-likeness (QED) is 0.504. The Morgan fingerprint density at radius 3 is 2.77 bits per heavy atom. The van der Waals surface area contributed by atoms with E-state index in [2.05, 4.69) is 31.0 Å². The van der Waals surface area contributed by atoms with Gasteiger partial charge in [-0.05, 0) is 30.3 Å². The highest BCUT2D eigenvalue weighted by atomic mass is 19.1. The van der Waals surface area contributed by atoms with Crippen molar-refractivity contribution in [2.24, 2.45) is 0 Å². The molecule has 0 aliphatic carbocycles. The number of anilines is 1. The summed E-state index contributed by atoms with van der Waals surface area (Å²) in [5.41, 5.74) is 7.03. The van der Waals surface area contributed by atoms with E-state index >= 15 is 0 Å². The number of rotatable bonds is 4. The summed E-state index contributed by atoms with van der Waals surface area (Å²) < 4.78 is 12.7. The van der Waals surface area contributed by atoms with Gasteiger partial charge in [0, 0.05) is 6.20 Å². The number of nitrogens with zero attached hydrogens (tertiary/aromatic N) is 3. The topological polar surface area (TPSA) is 95.6 Å². The van der Waals surface area contributed by atoms with Crippen molar-refractivity contribution in [3.8, 4) is 11.4 Å². The first-order valence-electron chi connectivity index (χ1n) is 6.37. The zero-order valence-corrected chi connectivity index (χ0v) is 11.2. The molecule has 0 atom stereocenters. The monoisotopic (exact) mass is 298 g/mol. The number of carbonyl (C=O) groups excluding carboxylic acids is 1. The normalized spacial score (nSPS) is 10.2. The van der Waals surface area contributed by atoms with E-state index in [1.54, 1.807) is 24.4 Å². The Bertz CT molecular complexity index is 772. The molecular formula is C14H11FN6O. The van der Waals surface area contributed by atoms with Gasteiger partial charge in [-0.2, -0.15) is 9.49 Å². The highest BCUT2D eigenvalue weighted by Gasteiger charge is 2.11. The first-order chi connectivity index (χ1) is 10.7. The van der Waals surface area contributed by atoms with Crippen molar-refractivity contribution in [1.29, 1.82) is 0 Å². The highest BCUT2D eigenvalue weighted by molar-refractivity contribution is 5.93. The van der Waals surface area contributed by atoms with Crippen LogP contribution < -0.4 is 10.9 Å². The summed E-state index contributed by atoms with van der Waals surface area (Å²) in [5, 5.41) is 6.67. The van der Waals surface area contributed by atoms with Crippen molar-refractivity contribution in [3.05, 3.63) is 60.4 Å². The zero-order chi connectivity index (χ0) is 15.4. The predicted molar refractivity (Wildman–Crippen MR) is 77.1 cm³/mol. The second-order valence-corrected chi connectivity index (χ2v) is 4.33. The second kappa shape index (κ2) is 6.00. The number of H-pyrrole nitrogens is 1. The summed E-state index contributed by atoms with van der Waals surface area (Å²) in [6, 6.07) is 9.64. The van der Waals surface area contributed by atoms with Crippen LogP contribution in [0.1, 0.15) is 10.5 Å². The van der Waals surface area contributed by atoms with Gasteiger partial charge in [0.1, 0.15) is 11.4 Å². The molecule has 0 fully saturated rings. The van der Waals surface area contributed by atoms with Crippen LogP contribution in [-0.2, 0) is 0 Å². The minimum Gasteiger partial charge on any atom is -0.297 e. The molecule has 7 nitrogen and oxygen atoms in total. The van der Waals surface area contributed by atoms with Crippen LogP contribution in [0.3, 0.4) is 0 Å². The molecule has 3 rings (SSSR count). The molecule has 0 saturated carbocycles. The van der Waals surface area contributed by atoms with Crippen molar-refractivity contribution < 1.29 is 9.18 Å². The largest absolute Gasteiger partial charge is 0.297 e. The molecular weight excluding hydrogens is 287 g/mol. The van der Waals surface area contributed by atoms with Crippen molar-refractivity contribution in [2.75, 3.05) is 5.43 Å². The summed E-state index contributed by atoms with van der Waals surface area (Å²) in [6.07, 6.45) is 2.91. The zero-order valence-electron chi connectivity index (χ0n) is 11.2. The van der Waals surface area contributed by atoms with Crippen LogP contribution >= 0.6 is 0 Å². The molecule has 0 unspecified atom stereocenters. The van der Waals surface area contributed by atoms with E-state index in [1.165, 1.54) is 18.3 Å². The predicted octanol–water partition coefficient (Wildman–Crippen LogP) is 1.76. The Labute approximate surface area is 124 Å². The third-order valence-electron chi connectivity index (χ3n) is 2.80. The van der Waals surface area contributed by atoms with Gasteiger partial charge in [-0.1, -0.05) is 6.07 Å². The van der Waals surface area contributed by atoms with Crippen LogP contribution in [0.15, 0.2) is 48.8 Å². The summed E-state index contributed by atoms with van der Waals surface area (Å²) in [6.45, 7) is 0. The molecule has 0 aromatic carbocycles. The van der Waals surface area contributed by atoms with Crippen LogP contribution in [0.2, 0.25) is 0 Å². The maximum atomic E-state index is 12.7. The lowest BCUT2D eigenvalue weighted by atomic mass is 10.2. The molecule has 110 valence electrons. The average Bonchev–Trinajstić information content (AvgIpc) is 3.05. The Morgan fingerprint density at radius 2 is 2.05 bits per heavy atom. The SMILES string of the molecule is O=C(NNc1ccc(F)nc1)c1cc(-c2ccccn2)n[nH]1. The van der Waals surface area contributed by atoms with Gasteiger partial charge in [-0.25, -0.2) is 4.98 Å². The van der Waals surface area contributed by atoms with Crippen LogP contribution in [0.5, 0.6) is 0 Å². The van der Waals surface area contributed by atoms with Gasteiger partial charge in [0.15, 0.2) is 0 Å². The number of hydrazine groups is 1. The number of amides is 1. The molecule has 3 aromatic heterocycles. The summed E-state index contributed by atoms with van der Waals surface area (Å²) in [5.74, 6) is -1.01. The van der Waals surface area contributed by atoms with Crippen LogP contribution in [0.4, 0.5) is 10.1 Å². The Hall–Kier alpha value is -3.29. The van der Waals surface area contributed by atoms with Crippen LogP contribution in [-0.4, -0.2) is 26.1 Å². The Balaban J connectivity index is 1.66. The molecule has 3 aromatic rings. The molecule has 0 bridgehead atoms. The minimum absolute atomic E-state index is 0.267. The lowest BCUT2D eigenvalue weighted by molar-refractivity contribution is 0.0957. The van der Waals surface area contributed by atoms with Crippen LogP contribution in [0, 0.1) is 5.95 Å². The summed E-state index contributed by atoms with van der Waals surface area (Å²) in [4.78, 5) is 19.6. The molecule has 0 saturated heterocycles. The molecule has 0 aliphatic heterocycles. The maximum absolute atomic E-state index is 12.7. The van der Waals surface area contributed by atoms with Gasteiger partial charge in [0.25, 0.3) is 5.91 Å². The fourth-order valence-electron chi connectivity index (χ4n) is 1.73. The van der Waals surface area contributed by atoms with Crippen molar-refractivity contribution in [2.45, 2.75) is 0 Å². The molecule has 0 aliphatic rings. The van der Waals surface area contributed by atoms with E-state index in [0.29, 0.717) is 17.1 Å². The fraction of sp³-hybridized carbons (Fsp3) is 0. The third-order valence-corrected chi connectivity index (χ3v) is 2.80. The van der Waals surface area contributed by atoms with E-state index in [0.717, 1.165) is 0 Å². The average molecular weight is 298 g/mol. The van der Waals surface area contributed by atoms with E-state index < -0.39 is 11.9 Å². The van der Waals surface area contributed by atoms with E-state index in [4.69, 9.17) is 0 Å². The Kier molecular flexibility index (Phi) is 3.73. The highest BCUT2D eigenvalue weighted by Crippen LogP contribution is 2.14. The summed E-state index contributed by atoms with van der Waals surface area (Å²) >= 11 is 0. The molecule has 0 spiro atoms. The lowest BCUT2D eigenvalue weighted by Crippen LogP contribution is -2.29. The fourth-order valence-corrected chi connectivity index (χ4v) is 1.73. The number of hydrogen-bond acceptors (Lipinski definition) is 5. The number of aromatic amines is 1. The van der Waals surface area contributed by atoms with E-state index in [9.17, 15) is 9.18 Å². The van der Waals surface area contributed by atoms with Gasteiger partial charge in [-0.15, -0.1) is 0 Å². The van der Waals surface area contributed by atoms with E-state index in [1.807, 2.05) is 6.07 Å². The number of carbonyl (C=O) groups is 1. The number of nitrogens with one attached hydrogen (secondary N) is 3. The molecule has 22 heavy (non-hydrogen) atoms. The number of halogens is 1.